The van der Waals surface area contributed by atoms with Crippen LogP contribution in [0.3, 0.4) is 0 Å². The molecule has 0 fully saturated rings. The molecule has 0 saturated carbocycles. The lowest BCUT2D eigenvalue weighted by Gasteiger charge is -2.08. The van der Waals surface area contributed by atoms with Crippen LogP contribution in [0.2, 0.25) is 0 Å². The number of rotatable bonds is 4. The van der Waals surface area contributed by atoms with Gasteiger partial charge in [-0.2, -0.15) is 0 Å². The summed E-state index contributed by atoms with van der Waals surface area (Å²) in [5.74, 6) is -1.08. The minimum atomic E-state index is -3.66. The van der Waals surface area contributed by atoms with E-state index in [1.807, 2.05) is 6.92 Å². The van der Waals surface area contributed by atoms with Crippen molar-refractivity contribution in [1.29, 1.82) is 0 Å². The number of aromatic carboxylic acids is 1. The van der Waals surface area contributed by atoms with Crippen molar-refractivity contribution in [3.8, 4) is 0 Å². The molecule has 0 unspecified atom stereocenters. The molecule has 20 heavy (non-hydrogen) atoms. The zero-order chi connectivity index (χ0) is 14.9. The number of aryl methyl sites for hydroxylation is 1. The van der Waals surface area contributed by atoms with Crippen LogP contribution in [0, 0.1) is 6.92 Å². The monoisotopic (exact) mass is 375 g/mol. The smallest absolute Gasteiger partial charge is 0.335 e. The SMILES string of the molecule is Cc1ccc(S(=O)(=O)Nc2ccc(C(=O)O)cc2Br)s1. The Labute approximate surface area is 128 Å². The van der Waals surface area contributed by atoms with Crippen LogP contribution in [0.4, 0.5) is 5.69 Å². The Balaban J connectivity index is 2.32. The highest BCUT2D eigenvalue weighted by molar-refractivity contribution is 9.10. The molecule has 0 radical (unpaired) electrons. The van der Waals surface area contributed by atoms with E-state index < -0.39 is 16.0 Å². The first-order valence-electron chi connectivity index (χ1n) is 5.42. The highest BCUT2D eigenvalue weighted by Crippen LogP contribution is 2.28. The lowest BCUT2D eigenvalue weighted by molar-refractivity contribution is 0.0697. The van der Waals surface area contributed by atoms with Gasteiger partial charge in [0.15, 0.2) is 0 Å². The third-order valence-corrected chi connectivity index (χ3v) is 5.96. The Morgan fingerprint density at radius 1 is 1.30 bits per heavy atom. The van der Waals surface area contributed by atoms with Gasteiger partial charge in [0.2, 0.25) is 0 Å². The summed E-state index contributed by atoms with van der Waals surface area (Å²) in [7, 11) is -3.66. The molecule has 0 aliphatic rings. The number of benzene rings is 1. The first kappa shape index (κ1) is 15.0. The van der Waals surface area contributed by atoms with Crippen molar-refractivity contribution in [2.45, 2.75) is 11.1 Å². The molecule has 0 bridgehead atoms. The maximum absolute atomic E-state index is 12.1. The molecular weight excluding hydrogens is 366 g/mol. The molecule has 1 aromatic heterocycles. The second-order valence-corrected chi connectivity index (χ2v) is 8.02. The second-order valence-electron chi connectivity index (χ2n) is 3.97. The van der Waals surface area contributed by atoms with Crippen molar-refractivity contribution < 1.29 is 18.3 Å². The van der Waals surface area contributed by atoms with Gasteiger partial charge in [-0.15, -0.1) is 11.3 Å². The summed E-state index contributed by atoms with van der Waals surface area (Å²) in [5, 5.41) is 8.86. The Morgan fingerprint density at radius 2 is 2.00 bits per heavy atom. The van der Waals surface area contributed by atoms with E-state index in [2.05, 4.69) is 20.7 Å². The van der Waals surface area contributed by atoms with Crippen molar-refractivity contribution in [3.05, 3.63) is 45.2 Å². The molecule has 5 nitrogen and oxygen atoms in total. The maximum Gasteiger partial charge on any atom is 0.335 e. The third-order valence-electron chi connectivity index (χ3n) is 2.44. The number of carboxylic acids is 1. The van der Waals surface area contributed by atoms with Crippen LogP contribution in [0.25, 0.3) is 0 Å². The van der Waals surface area contributed by atoms with Crippen LogP contribution in [0.5, 0.6) is 0 Å². The fraction of sp³-hybridized carbons (Fsp3) is 0.0833. The summed E-state index contributed by atoms with van der Waals surface area (Å²) in [5.41, 5.74) is 0.368. The number of hydrogen-bond donors (Lipinski definition) is 2. The minimum Gasteiger partial charge on any atom is -0.478 e. The summed E-state index contributed by atoms with van der Waals surface area (Å²) < 4.78 is 27.3. The lowest BCUT2D eigenvalue weighted by Crippen LogP contribution is -2.12. The number of carboxylic acid groups (broad SMARTS) is 1. The van der Waals surface area contributed by atoms with Gasteiger partial charge in [0, 0.05) is 9.35 Å². The number of nitrogens with one attached hydrogen (secondary N) is 1. The van der Waals surface area contributed by atoms with Crippen LogP contribution >= 0.6 is 27.3 Å². The molecular formula is C12H10BrNO4S2. The fourth-order valence-electron chi connectivity index (χ4n) is 1.48. The lowest BCUT2D eigenvalue weighted by atomic mass is 10.2. The molecule has 0 aliphatic heterocycles. The number of thiophene rings is 1. The maximum atomic E-state index is 12.1. The van der Waals surface area contributed by atoms with Gasteiger partial charge in [-0.1, -0.05) is 0 Å². The number of hydrogen-bond acceptors (Lipinski definition) is 4. The average Bonchev–Trinajstić information content (AvgIpc) is 2.79. The summed E-state index contributed by atoms with van der Waals surface area (Å²) in [4.78, 5) is 11.7. The zero-order valence-electron chi connectivity index (χ0n) is 10.3. The molecule has 2 N–H and O–H groups in total. The molecule has 0 aliphatic carbocycles. The van der Waals surface area contributed by atoms with E-state index >= 15 is 0 Å². The van der Waals surface area contributed by atoms with Crippen molar-refractivity contribution >= 4 is 48.9 Å². The molecule has 2 aromatic rings. The van der Waals surface area contributed by atoms with E-state index in [9.17, 15) is 13.2 Å². The Kier molecular flexibility index (Phi) is 4.17. The Bertz CT molecular complexity index is 768. The van der Waals surface area contributed by atoms with Gasteiger partial charge in [-0.3, -0.25) is 4.72 Å². The standard InChI is InChI=1S/C12H10BrNO4S2/c1-7-2-5-11(19-7)20(17,18)14-10-4-3-8(12(15)16)6-9(10)13/h2-6,14H,1H3,(H,15,16). The van der Waals surface area contributed by atoms with Crippen molar-refractivity contribution in [2.75, 3.05) is 4.72 Å². The summed E-state index contributed by atoms with van der Waals surface area (Å²) in [6.45, 7) is 1.82. The molecule has 1 heterocycles. The van der Waals surface area contributed by atoms with E-state index in [0.29, 0.717) is 10.2 Å². The van der Waals surface area contributed by atoms with Crippen LogP contribution in [0.15, 0.2) is 39.0 Å². The fourth-order valence-corrected chi connectivity index (χ4v) is 4.45. The van der Waals surface area contributed by atoms with E-state index in [-0.39, 0.29) is 9.77 Å². The van der Waals surface area contributed by atoms with Crippen LogP contribution in [0.1, 0.15) is 15.2 Å². The molecule has 0 amide bonds. The Hall–Kier alpha value is -1.38. The second kappa shape index (κ2) is 5.55. The number of sulfonamides is 1. The molecule has 0 spiro atoms. The van der Waals surface area contributed by atoms with Gasteiger partial charge in [-0.05, 0) is 53.2 Å². The van der Waals surface area contributed by atoms with Crippen LogP contribution < -0.4 is 4.72 Å². The number of anilines is 1. The highest BCUT2D eigenvalue weighted by Gasteiger charge is 2.18. The molecule has 106 valence electrons. The predicted octanol–water partition coefficient (Wildman–Crippen LogP) is 3.32. The summed E-state index contributed by atoms with van der Waals surface area (Å²) in [6, 6.07) is 7.35. The quantitative estimate of drug-likeness (QED) is 0.858. The van der Waals surface area contributed by atoms with Gasteiger partial charge >= 0.3 is 5.97 Å². The van der Waals surface area contributed by atoms with E-state index in [1.165, 1.54) is 35.6 Å². The number of carbonyl (C=O) groups is 1. The van der Waals surface area contributed by atoms with Gasteiger partial charge in [0.25, 0.3) is 10.0 Å². The summed E-state index contributed by atoms with van der Waals surface area (Å²) in [6.07, 6.45) is 0. The minimum absolute atomic E-state index is 0.0757. The topological polar surface area (TPSA) is 83.5 Å². The predicted molar refractivity (Wildman–Crippen MR) is 81.0 cm³/mol. The summed E-state index contributed by atoms with van der Waals surface area (Å²) >= 11 is 4.33. The molecule has 0 saturated heterocycles. The van der Waals surface area contributed by atoms with E-state index in [0.717, 1.165) is 4.88 Å². The number of halogens is 1. The zero-order valence-corrected chi connectivity index (χ0v) is 13.5. The van der Waals surface area contributed by atoms with Crippen molar-refractivity contribution in [2.24, 2.45) is 0 Å². The largest absolute Gasteiger partial charge is 0.478 e. The normalized spacial score (nSPS) is 11.3. The van der Waals surface area contributed by atoms with E-state index in [1.54, 1.807) is 6.07 Å². The highest BCUT2D eigenvalue weighted by atomic mass is 79.9. The van der Waals surface area contributed by atoms with Gasteiger partial charge in [0.05, 0.1) is 11.3 Å². The van der Waals surface area contributed by atoms with Gasteiger partial charge < -0.3 is 5.11 Å². The third kappa shape index (κ3) is 3.20. The molecule has 2 rings (SSSR count). The van der Waals surface area contributed by atoms with Gasteiger partial charge in [0.1, 0.15) is 4.21 Å². The van der Waals surface area contributed by atoms with Crippen LogP contribution in [-0.4, -0.2) is 19.5 Å². The molecule has 0 atom stereocenters. The van der Waals surface area contributed by atoms with Crippen LogP contribution in [-0.2, 0) is 10.0 Å². The first-order valence-corrected chi connectivity index (χ1v) is 8.51. The average molecular weight is 376 g/mol. The van der Waals surface area contributed by atoms with Crippen molar-refractivity contribution in [3.63, 3.8) is 0 Å². The first-order chi connectivity index (χ1) is 9.29. The van der Waals surface area contributed by atoms with Crippen molar-refractivity contribution in [1.82, 2.24) is 0 Å². The van der Waals surface area contributed by atoms with E-state index in [4.69, 9.17) is 5.11 Å². The molecule has 8 heteroatoms. The Morgan fingerprint density at radius 3 is 2.50 bits per heavy atom. The van der Waals surface area contributed by atoms with Gasteiger partial charge in [-0.25, -0.2) is 13.2 Å². The molecule has 1 aromatic carbocycles.